The molecule has 0 aliphatic carbocycles. The van der Waals surface area contributed by atoms with Gasteiger partial charge in [-0.05, 0) is 32.0 Å². The van der Waals surface area contributed by atoms with Crippen LogP contribution in [0.1, 0.15) is 42.6 Å². The summed E-state index contributed by atoms with van der Waals surface area (Å²) in [5.41, 5.74) is 7.15. The maximum Gasteiger partial charge on any atom is 0.220 e. The molecule has 22 heavy (non-hydrogen) atoms. The third-order valence-corrected chi connectivity index (χ3v) is 4.30. The molecule has 2 rings (SSSR count). The van der Waals surface area contributed by atoms with E-state index in [1.165, 1.54) is 4.90 Å². The van der Waals surface area contributed by atoms with Crippen molar-refractivity contribution in [3.05, 3.63) is 29.3 Å². The van der Waals surface area contributed by atoms with E-state index in [4.69, 9.17) is 10.5 Å². The van der Waals surface area contributed by atoms with E-state index >= 15 is 0 Å². The Labute approximate surface area is 131 Å². The molecule has 1 heterocycles. The number of hydrogen-bond donors (Lipinski definition) is 2. The van der Waals surface area contributed by atoms with Crippen molar-refractivity contribution in [2.45, 2.75) is 33.2 Å². The molecule has 1 aliphatic heterocycles. The fourth-order valence-corrected chi connectivity index (χ4v) is 2.99. The van der Waals surface area contributed by atoms with E-state index in [-0.39, 0.29) is 17.6 Å². The second-order valence-corrected chi connectivity index (χ2v) is 5.92. The first-order valence-corrected chi connectivity index (χ1v) is 7.90. The van der Waals surface area contributed by atoms with E-state index in [0.29, 0.717) is 12.2 Å². The Kier molecular flexibility index (Phi) is 5.55. The van der Waals surface area contributed by atoms with Gasteiger partial charge in [-0.3, -0.25) is 9.59 Å². The van der Waals surface area contributed by atoms with Crippen LogP contribution in [0.3, 0.4) is 0 Å². The van der Waals surface area contributed by atoms with Gasteiger partial charge in [-0.1, -0.05) is 0 Å². The number of rotatable bonds is 6. The first-order chi connectivity index (χ1) is 10.5. The minimum Gasteiger partial charge on any atom is -0.493 e. The van der Waals surface area contributed by atoms with Gasteiger partial charge in [0, 0.05) is 29.9 Å². The number of ketones is 1. The summed E-state index contributed by atoms with van der Waals surface area (Å²) < 4.78 is 5.67. The molecular weight excluding hydrogens is 280 g/mol. The summed E-state index contributed by atoms with van der Waals surface area (Å²) >= 11 is 0. The number of likely N-dealkylation sites (tertiary alicyclic amines) is 1. The van der Waals surface area contributed by atoms with Crippen LogP contribution in [0.25, 0.3) is 0 Å². The lowest BCUT2D eigenvalue weighted by atomic mass is 9.95. The molecular formula is C17H25N2O3+. The molecule has 0 aromatic heterocycles. The van der Waals surface area contributed by atoms with Gasteiger partial charge in [-0.25, -0.2) is 0 Å². The lowest BCUT2D eigenvalue weighted by Crippen LogP contribution is -3.11. The monoisotopic (exact) mass is 305 g/mol. The van der Waals surface area contributed by atoms with E-state index < -0.39 is 0 Å². The Morgan fingerprint density at radius 2 is 2.00 bits per heavy atom. The SMILES string of the molecule is CCOc1ccc(C(C)=O)cc1C[NH+]1CCC(C(N)=O)CC1. The summed E-state index contributed by atoms with van der Waals surface area (Å²) in [5, 5.41) is 0. The number of carbonyl (C=O) groups excluding carboxylic acids is 2. The maximum absolute atomic E-state index is 11.6. The first kappa shape index (κ1) is 16.5. The fourth-order valence-electron chi connectivity index (χ4n) is 2.99. The van der Waals surface area contributed by atoms with E-state index in [1.807, 2.05) is 25.1 Å². The van der Waals surface area contributed by atoms with E-state index in [1.54, 1.807) is 6.92 Å². The Morgan fingerprint density at radius 3 is 2.55 bits per heavy atom. The van der Waals surface area contributed by atoms with Gasteiger partial charge < -0.3 is 15.4 Å². The Hall–Kier alpha value is -1.88. The Balaban J connectivity index is 2.09. The van der Waals surface area contributed by atoms with E-state index in [0.717, 1.165) is 43.8 Å². The normalized spacial score (nSPS) is 21.4. The predicted molar refractivity (Wildman–Crippen MR) is 83.9 cm³/mol. The van der Waals surface area contributed by atoms with Crippen molar-refractivity contribution in [2.24, 2.45) is 11.7 Å². The molecule has 0 unspecified atom stereocenters. The van der Waals surface area contributed by atoms with Crippen LogP contribution in [0.5, 0.6) is 5.75 Å². The van der Waals surface area contributed by atoms with Gasteiger partial charge in [-0.15, -0.1) is 0 Å². The molecule has 1 amide bonds. The second kappa shape index (κ2) is 7.40. The van der Waals surface area contributed by atoms with Gasteiger partial charge in [0.05, 0.1) is 19.7 Å². The molecule has 5 nitrogen and oxygen atoms in total. The molecule has 1 fully saturated rings. The number of amides is 1. The number of primary amides is 1. The summed E-state index contributed by atoms with van der Waals surface area (Å²) in [6.45, 7) is 6.78. The smallest absolute Gasteiger partial charge is 0.220 e. The highest BCUT2D eigenvalue weighted by Gasteiger charge is 2.26. The third-order valence-electron chi connectivity index (χ3n) is 4.30. The molecule has 120 valence electrons. The van der Waals surface area contributed by atoms with Gasteiger partial charge >= 0.3 is 0 Å². The zero-order valence-corrected chi connectivity index (χ0v) is 13.4. The number of benzene rings is 1. The highest BCUT2D eigenvalue weighted by Crippen LogP contribution is 2.20. The van der Waals surface area contributed by atoms with Crippen molar-refractivity contribution in [3.63, 3.8) is 0 Å². The second-order valence-electron chi connectivity index (χ2n) is 5.92. The van der Waals surface area contributed by atoms with Gasteiger partial charge in [0.2, 0.25) is 5.91 Å². The van der Waals surface area contributed by atoms with Crippen molar-refractivity contribution in [3.8, 4) is 5.75 Å². The lowest BCUT2D eigenvalue weighted by molar-refractivity contribution is -0.919. The van der Waals surface area contributed by atoms with Gasteiger partial charge in [0.1, 0.15) is 12.3 Å². The van der Waals surface area contributed by atoms with Gasteiger partial charge in [0.25, 0.3) is 0 Å². The number of hydrogen-bond acceptors (Lipinski definition) is 3. The largest absolute Gasteiger partial charge is 0.493 e. The summed E-state index contributed by atoms with van der Waals surface area (Å²) in [4.78, 5) is 24.2. The van der Waals surface area contributed by atoms with Crippen LogP contribution in [0.15, 0.2) is 18.2 Å². The number of carbonyl (C=O) groups is 2. The number of Topliss-reactive ketones (excluding diaryl/α,β-unsaturated/α-hetero) is 1. The lowest BCUT2D eigenvalue weighted by Gasteiger charge is -2.28. The summed E-state index contributed by atoms with van der Waals surface area (Å²) in [7, 11) is 0. The van der Waals surface area contributed by atoms with Crippen molar-refractivity contribution < 1.29 is 19.2 Å². The molecule has 3 N–H and O–H groups in total. The van der Waals surface area contributed by atoms with Crippen LogP contribution in [0, 0.1) is 5.92 Å². The molecule has 0 spiro atoms. The summed E-state index contributed by atoms with van der Waals surface area (Å²) in [6, 6.07) is 5.62. The summed E-state index contributed by atoms with van der Waals surface area (Å²) in [6.07, 6.45) is 1.67. The van der Waals surface area contributed by atoms with E-state index in [2.05, 4.69) is 0 Å². The average Bonchev–Trinajstić information content (AvgIpc) is 2.49. The molecule has 0 radical (unpaired) electrons. The number of nitrogens with two attached hydrogens (primary N) is 1. The molecule has 0 bridgehead atoms. The van der Waals surface area contributed by atoms with Crippen molar-refractivity contribution in [2.75, 3.05) is 19.7 Å². The molecule has 0 saturated carbocycles. The van der Waals surface area contributed by atoms with Crippen molar-refractivity contribution in [1.29, 1.82) is 0 Å². The summed E-state index contributed by atoms with van der Waals surface area (Å²) in [5.74, 6) is 0.732. The first-order valence-electron chi connectivity index (χ1n) is 7.90. The topological polar surface area (TPSA) is 73.8 Å². The molecule has 5 heteroatoms. The molecule has 1 aliphatic rings. The van der Waals surface area contributed by atoms with Crippen LogP contribution in [0.4, 0.5) is 0 Å². The van der Waals surface area contributed by atoms with Crippen LogP contribution in [-0.4, -0.2) is 31.4 Å². The van der Waals surface area contributed by atoms with Crippen molar-refractivity contribution in [1.82, 2.24) is 0 Å². The third kappa shape index (κ3) is 4.07. The van der Waals surface area contributed by atoms with Crippen LogP contribution in [-0.2, 0) is 11.3 Å². The highest BCUT2D eigenvalue weighted by molar-refractivity contribution is 5.94. The number of piperidine rings is 1. The zero-order valence-electron chi connectivity index (χ0n) is 13.4. The Bertz CT molecular complexity index is 549. The predicted octanol–water partition coefficient (Wildman–Crippen LogP) is 0.568. The molecule has 0 atom stereocenters. The minimum atomic E-state index is -0.187. The minimum absolute atomic E-state index is 0.0127. The zero-order chi connectivity index (χ0) is 16.1. The molecule has 1 aromatic carbocycles. The maximum atomic E-state index is 11.6. The van der Waals surface area contributed by atoms with Crippen LogP contribution < -0.4 is 15.4 Å². The fraction of sp³-hybridized carbons (Fsp3) is 0.529. The molecule has 1 saturated heterocycles. The van der Waals surface area contributed by atoms with E-state index in [9.17, 15) is 9.59 Å². The van der Waals surface area contributed by atoms with Gasteiger partial charge in [0.15, 0.2) is 5.78 Å². The number of nitrogens with one attached hydrogen (secondary N) is 1. The number of ether oxygens (including phenoxy) is 1. The van der Waals surface area contributed by atoms with Gasteiger partial charge in [-0.2, -0.15) is 0 Å². The number of quaternary nitrogens is 1. The average molecular weight is 305 g/mol. The standard InChI is InChI=1S/C17H24N2O3/c1-3-22-16-5-4-14(12(2)20)10-15(16)11-19-8-6-13(7-9-19)17(18)21/h4-5,10,13H,3,6-9,11H2,1-2H3,(H2,18,21)/p+1. The Morgan fingerprint density at radius 1 is 1.32 bits per heavy atom. The van der Waals surface area contributed by atoms with Crippen molar-refractivity contribution >= 4 is 11.7 Å². The van der Waals surface area contributed by atoms with Crippen LogP contribution in [0.2, 0.25) is 0 Å². The highest BCUT2D eigenvalue weighted by atomic mass is 16.5. The quantitative estimate of drug-likeness (QED) is 0.755. The molecule has 1 aromatic rings. The van der Waals surface area contributed by atoms with Crippen LogP contribution >= 0.6 is 0 Å².